The highest BCUT2D eigenvalue weighted by molar-refractivity contribution is 6.37. The van der Waals surface area contributed by atoms with Crippen LogP contribution in [0.15, 0.2) is 78.1 Å². The molecular weight excluding hydrogens is 447 g/mol. The highest BCUT2D eigenvalue weighted by Crippen LogP contribution is 2.29. The molecule has 1 heterocycles. The Hall–Kier alpha value is -3.69. The summed E-state index contributed by atoms with van der Waals surface area (Å²) in [6, 6.07) is 12.4. The van der Waals surface area contributed by atoms with E-state index in [-0.39, 0.29) is 11.4 Å². The van der Waals surface area contributed by atoms with Crippen LogP contribution in [0.4, 0.5) is 13.2 Å². The number of amides is 1. The van der Waals surface area contributed by atoms with Crippen molar-refractivity contribution in [1.29, 1.82) is 0 Å². The molecule has 0 aliphatic rings. The predicted molar refractivity (Wildman–Crippen MR) is 125 cm³/mol. The Balaban J connectivity index is 1.86. The number of aliphatic imine (C=N–C) groups is 1. The Bertz CT molecular complexity index is 1270. The number of hydrogen-bond donors (Lipinski definition) is 3. The molecule has 0 radical (unpaired) electrons. The van der Waals surface area contributed by atoms with Crippen LogP contribution in [0.3, 0.4) is 0 Å². The van der Waals surface area contributed by atoms with E-state index >= 15 is 0 Å². The summed E-state index contributed by atoms with van der Waals surface area (Å²) >= 11 is 0. The molecule has 2 aromatic carbocycles. The molecule has 178 valence electrons. The summed E-state index contributed by atoms with van der Waals surface area (Å²) in [6.07, 6.45) is -2.39. The second-order valence-electron chi connectivity index (χ2n) is 7.77. The number of primary amides is 1. The number of carbonyl (C=O) groups excluding carboxylic acids is 1. The number of carbonyl (C=O) groups is 1. The quantitative estimate of drug-likeness (QED) is 0.343. The molecule has 0 bridgehead atoms. The third-order valence-corrected chi connectivity index (χ3v) is 5.27. The van der Waals surface area contributed by atoms with Crippen molar-refractivity contribution in [2.75, 3.05) is 6.61 Å². The highest BCUT2D eigenvalue weighted by Gasteiger charge is 2.29. The van der Waals surface area contributed by atoms with Gasteiger partial charge in [-0.3, -0.25) is 4.79 Å². The molecular formula is C25H24F3N3O3. The summed E-state index contributed by atoms with van der Waals surface area (Å²) in [7, 11) is 0. The molecule has 3 rings (SSSR count). The van der Waals surface area contributed by atoms with Gasteiger partial charge >= 0.3 is 6.18 Å². The van der Waals surface area contributed by atoms with Crippen molar-refractivity contribution in [3.05, 3.63) is 89.8 Å². The van der Waals surface area contributed by atoms with Gasteiger partial charge in [0.15, 0.2) is 0 Å². The van der Waals surface area contributed by atoms with E-state index in [1.165, 1.54) is 25.1 Å². The van der Waals surface area contributed by atoms with Gasteiger partial charge in [0, 0.05) is 23.6 Å². The lowest BCUT2D eigenvalue weighted by Crippen LogP contribution is -2.22. The lowest BCUT2D eigenvalue weighted by atomic mass is 10.0. The molecule has 3 aromatic rings. The van der Waals surface area contributed by atoms with Gasteiger partial charge in [0.1, 0.15) is 11.8 Å². The average Bonchev–Trinajstić information content (AvgIpc) is 3.19. The number of allylic oxidation sites excluding steroid dienone is 2. The monoisotopic (exact) mass is 471 g/mol. The van der Waals surface area contributed by atoms with Gasteiger partial charge in [-0.25, -0.2) is 4.99 Å². The van der Waals surface area contributed by atoms with Crippen molar-refractivity contribution < 1.29 is 28.2 Å². The van der Waals surface area contributed by atoms with Gasteiger partial charge in [-0.1, -0.05) is 24.8 Å². The van der Waals surface area contributed by atoms with E-state index in [2.05, 4.69) is 11.6 Å². The van der Waals surface area contributed by atoms with Crippen molar-refractivity contribution in [1.82, 2.24) is 4.57 Å². The SMILES string of the molecule is C=C(/C=C(\N=C(/C)C(N)=O)[C@H](O)CO)c1ccc2c(ccn2Cc2ccc(C(F)(F)F)cc2)c1. The van der Waals surface area contributed by atoms with Crippen LogP contribution in [0, 0.1) is 0 Å². The van der Waals surface area contributed by atoms with Crippen molar-refractivity contribution in [3.8, 4) is 0 Å². The van der Waals surface area contributed by atoms with Crippen molar-refractivity contribution >= 4 is 28.1 Å². The maximum atomic E-state index is 12.8. The summed E-state index contributed by atoms with van der Waals surface area (Å²) < 4.78 is 40.3. The summed E-state index contributed by atoms with van der Waals surface area (Å²) in [4.78, 5) is 15.3. The summed E-state index contributed by atoms with van der Waals surface area (Å²) in [5.74, 6) is -0.752. The molecule has 0 fully saturated rings. The molecule has 9 heteroatoms. The Morgan fingerprint density at radius 3 is 2.47 bits per heavy atom. The first-order valence-corrected chi connectivity index (χ1v) is 10.3. The number of aliphatic hydroxyl groups excluding tert-OH is 2. The first kappa shape index (κ1) is 24.9. The van der Waals surface area contributed by atoms with Crippen LogP contribution in [-0.4, -0.2) is 39.1 Å². The highest BCUT2D eigenvalue weighted by atomic mass is 19.4. The van der Waals surface area contributed by atoms with E-state index in [0.717, 1.165) is 28.6 Å². The van der Waals surface area contributed by atoms with E-state index < -0.39 is 30.4 Å². The second-order valence-corrected chi connectivity index (χ2v) is 7.77. The Morgan fingerprint density at radius 1 is 1.21 bits per heavy atom. The Kier molecular flexibility index (Phi) is 7.38. The number of nitrogens with two attached hydrogens (primary N) is 1. The summed E-state index contributed by atoms with van der Waals surface area (Å²) in [6.45, 7) is 5.19. The molecule has 0 aliphatic heterocycles. The molecule has 4 N–H and O–H groups in total. The number of fused-ring (bicyclic) bond motifs is 1. The number of rotatable bonds is 8. The van der Waals surface area contributed by atoms with E-state index in [1.807, 2.05) is 29.0 Å². The zero-order valence-corrected chi connectivity index (χ0v) is 18.4. The third kappa shape index (κ3) is 5.81. The van der Waals surface area contributed by atoms with Crippen LogP contribution in [0.2, 0.25) is 0 Å². The third-order valence-electron chi connectivity index (χ3n) is 5.27. The van der Waals surface area contributed by atoms with Crippen LogP contribution in [0.25, 0.3) is 16.5 Å². The largest absolute Gasteiger partial charge is 0.416 e. The molecule has 0 unspecified atom stereocenters. The van der Waals surface area contributed by atoms with Crippen LogP contribution >= 0.6 is 0 Å². The van der Waals surface area contributed by atoms with Gasteiger partial charge in [-0.15, -0.1) is 0 Å². The van der Waals surface area contributed by atoms with E-state index in [1.54, 1.807) is 6.07 Å². The van der Waals surface area contributed by atoms with Crippen LogP contribution in [0.1, 0.15) is 23.6 Å². The van der Waals surface area contributed by atoms with Crippen LogP contribution in [0.5, 0.6) is 0 Å². The molecule has 0 spiro atoms. The molecule has 1 atom stereocenters. The van der Waals surface area contributed by atoms with Crippen LogP contribution < -0.4 is 5.73 Å². The lowest BCUT2D eigenvalue weighted by molar-refractivity contribution is -0.137. The fourth-order valence-corrected chi connectivity index (χ4v) is 3.34. The predicted octanol–water partition coefficient (Wildman–Crippen LogP) is 3.90. The number of nitrogens with zero attached hydrogens (tertiary/aromatic N) is 2. The van der Waals surface area contributed by atoms with Gasteiger partial charge in [-0.2, -0.15) is 13.2 Å². The standard InChI is InChI=1S/C25H24F3N3O3/c1-15(11-21(23(33)14-32)30-16(2)24(29)34)18-5-8-22-19(12-18)9-10-31(22)13-17-3-6-20(7-4-17)25(26,27)28/h3-12,23,32-33H,1,13-14H2,2H3,(H2,29,34)/b21-11-,30-16+/t23-/m1/s1. The van der Waals surface area contributed by atoms with E-state index in [9.17, 15) is 28.2 Å². The average molecular weight is 471 g/mol. The number of aliphatic hydroxyl groups is 2. The molecule has 1 aromatic heterocycles. The maximum absolute atomic E-state index is 12.8. The molecule has 6 nitrogen and oxygen atoms in total. The molecule has 0 saturated heterocycles. The maximum Gasteiger partial charge on any atom is 0.416 e. The Labute approximate surface area is 194 Å². The lowest BCUT2D eigenvalue weighted by Gasteiger charge is -2.11. The summed E-state index contributed by atoms with van der Waals surface area (Å²) in [5.41, 5.74) is 7.34. The number of alkyl halides is 3. The van der Waals surface area contributed by atoms with Crippen molar-refractivity contribution in [2.45, 2.75) is 25.7 Å². The molecule has 0 saturated carbocycles. The van der Waals surface area contributed by atoms with Gasteiger partial charge in [0.25, 0.3) is 5.91 Å². The second kappa shape index (κ2) is 10.1. The zero-order chi connectivity index (χ0) is 25.0. The molecule has 1 amide bonds. The zero-order valence-electron chi connectivity index (χ0n) is 18.4. The molecule has 0 aliphatic carbocycles. The number of halogens is 3. The molecule has 34 heavy (non-hydrogen) atoms. The van der Waals surface area contributed by atoms with Crippen molar-refractivity contribution in [3.63, 3.8) is 0 Å². The Morgan fingerprint density at radius 2 is 1.88 bits per heavy atom. The number of aromatic nitrogens is 1. The van der Waals surface area contributed by atoms with Gasteiger partial charge in [0.05, 0.1) is 17.9 Å². The normalized spacial score (nSPS) is 13.8. The minimum atomic E-state index is -4.37. The van der Waals surface area contributed by atoms with Crippen LogP contribution in [-0.2, 0) is 17.5 Å². The first-order chi connectivity index (χ1) is 16.0. The fourth-order valence-electron chi connectivity index (χ4n) is 3.34. The fraction of sp³-hybridized carbons (Fsp3) is 0.200. The number of hydrogen-bond acceptors (Lipinski definition) is 4. The van der Waals surface area contributed by atoms with E-state index in [4.69, 9.17) is 5.73 Å². The number of benzene rings is 2. The van der Waals surface area contributed by atoms with Gasteiger partial charge < -0.3 is 20.5 Å². The van der Waals surface area contributed by atoms with Gasteiger partial charge in [-0.05, 0) is 60.0 Å². The topological polar surface area (TPSA) is 101 Å². The van der Waals surface area contributed by atoms with Gasteiger partial charge in [0.2, 0.25) is 0 Å². The smallest absolute Gasteiger partial charge is 0.393 e. The summed E-state index contributed by atoms with van der Waals surface area (Å²) in [5, 5.41) is 20.2. The minimum absolute atomic E-state index is 0.0256. The van der Waals surface area contributed by atoms with Crippen molar-refractivity contribution in [2.24, 2.45) is 10.7 Å². The van der Waals surface area contributed by atoms with E-state index in [0.29, 0.717) is 17.7 Å². The first-order valence-electron chi connectivity index (χ1n) is 10.3. The minimum Gasteiger partial charge on any atom is -0.393 e.